The highest BCUT2D eigenvalue weighted by molar-refractivity contribution is 9.10. The molecule has 1 N–H and O–H groups in total. The third-order valence-corrected chi connectivity index (χ3v) is 6.60. The standard InChI is InChI=1S/C15H22BrNO3S/c1-4-11-5-7-14(10(11)2)17-21(18,19)12-6-8-15(20-3)13(16)9-12/h6,8-11,14,17H,4-5,7H2,1-3H3. The lowest BCUT2D eigenvalue weighted by Crippen LogP contribution is -2.37. The Morgan fingerprint density at radius 1 is 1.38 bits per heavy atom. The van der Waals surface area contributed by atoms with Crippen LogP contribution in [0.2, 0.25) is 0 Å². The first-order valence-corrected chi connectivity index (χ1v) is 9.52. The second-order valence-corrected chi connectivity index (χ2v) is 8.20. The van der Waals surface area contributed by atoms with E-state index in [-0.39, 0.29) is 10.9 Å². The molecule has 1 aliphatic carbocycles. The largest absolute Gasteiger partial charge is 0.496 e. The van der Waals surface area contributed by atoms with Crippen molar-refractivity contribution in [2.24, 2.45) is 11.8 Å². The topological polar surface area (TPSA) is 55.4 Å². The quantitative estimate of drug-likeness (QED) is 0.855. The first kappa shape index (κ1) is 16.8. The summed E-state index contributed by atoms with van der Waals surface area (Å²) in [6.07, 6.45) is 3.11. The van der Waals surface area contributed by atoms with E-state index in [1.807, 2.05) is 0 Å². The Morgan fingerprint density at radius 3 is 2.62 bits per heavy atom. The smallest absolute Gasteiger partial charge is 0.240 e. The maximum absolute atomic E-state index is 12.5. The summed E-state index contributed by atoms with van der Waals surface area (Å²) >= 11 is 3.33. The summed E-state index contributed by atoms with van der Waals surface area (Å²) in [6.45, 7) is 4.30. The fourth-order valence-electron chi connectivity index (χ4n) is 3.07. The number of rotatable bonds is 5. The highest BCUT2D eigenvalue weighted by Gasteiger charge is 2.34. The lowest BCUT2D eigenvalue weighted by Gasteiger charge is -2.21. The molecule has 118 valence electrons. The molecule has 1 saturated carbocycles. The molecule has 0 radical (unpaired) electrons. The zero-order valence-electron chi connectivity index (χ0n) is 12.6. The fraction of sp³-hybridized carbons (Fsp3) is 0.600. The van der Waals surface area contributed by atoms with Crippen molar-refractivity contribution in [1.29, 1.82) is 0 Å². The maximum atomic E-state index is 12.5. The van der Waals surface area contributed by atoms with Crippen LogP contribution in [-0.4, -0.2) is 21.6 Å². The van der Waals surface area contributed by atoms with Gasteiger partial charge in [-0.05, 0) is 58.8 Å². The van der Waals surface area contributed by atoms with Crippen molar-refractivity contribution in [2.75, 3.05) is 7.11 Å². The predicted octanol–water partition coefficient (Wildman–Crippen LogP) is 3.56. The van der Waals surface area contributed by atoms with Gasteiger partial charge in [0, 0.05) is 6.04 Å². The molecule has 21 heavy (non-hydrogen) atoms. The van der Waals surface area contributed by atoms with Gasteiger partial charge in [0.15, 0.2) is 0 Å². The lowest BCUT2D eigenvalue weighted by atomic mass is 9.94. The van der Waals surface area contributed by atoms with Crippen molar-refractivity contribution in [2.45, 2.75) is 44.0 Å². The Bertz CT molecular complexity index is 603. The van der Waals surface area contributed by atoms with E-state index in [9.17, 15) is 8.42 Å². The van der Waals surface area contributed by atoms with Crippen LogP contribution in [0.3, 0.4) is 0 Å². The molecule has 0 spiro atoms. The molecule has 0 saturated heterocycles. The summed E-state index contributed by atoms with van der Waals surface area (Å²) in [7, 11) is -1.94. The number of benzene rings is 1. The van der Waals surface area contributed by atoms with Crippen LogP contribution >= 0.6 is 15.9 Å². The minimum absolute atomic E-state index is 0.0285. The van der Waals surface area contributed by atoms with Gasteiger partial charge in [-0.3, -0.25) is 0 Å². The van der Waals surface area contributed by atoms with Crippen LogP contribution in [-0.2, 0) is 10.0 Å². The summed E-state index contributed by atoms with van der Waals surface area (Å²) in [5.74, 6) is 1.61. The maximum Gasteiger partial charge on any atom is 0.240 e. The van der Waals surface area contributed by atoms with Crippen molar-refractivity contribution in [3.63, 3.8) is 0 Å². The Hall–Kier alpha value is -0.590. The van der Waals surface area contributed by atoms with Crippen molar-refractivity contribution in [3.8, 4) is 5.75 Å². The van der Waals surface area contributed by atoms with Crippen LogP contribution in [0.25, 0.3) is 0 Å². The summed E-state index contributed by atoms with van der Waals surface area (Å²) in [5, 5.41) is 0. The molecule has 3 unspecified atom stereocenters. The molecule has 0 aromatic heterocycles. The molecule has 0 amide bonds. The normalized spacial score (nSPS) is 26.0. The number of hydrogen-bond donors (Lipinski definition) is 1. The molecule has 6 heteroatoms. The van der Waals surface area contributed by atoms with Gasteiger partial charge in [-0.2, -0.15) is 0 Å². The number of nitrogens with one attached hydrogen (secondary N) is 1. The first-order valence-electron chi connectivity index (χ1n) is 7.25. The van der Waals surface area contributed by atoms with Gasteiger partial charge in [0.1, 0.15) is 5.75 Å². The van der Waals surface area contributed by atoms with Gasteiger partial charge >= 0.3 is 0 Å². The third-order valence-electron chi connectivity index (χ3n) is 4.49. The fourth-order valence-corrected chi connectivity index (χ4v) is 5.15. The van der Waals surface area contributed by atoms with E-state index < -0.39 is 10.0 Å². The number of halogens is 1. The third kappa shape index (κ3) is 3.60. The summed E-state index contributed by atoms with van der Waals surface area (Å²) in [4.78, 5) is 0.266. The molecule has 4 nitrogen and oxygen atoms in total. The van der Waals surface area contributed by atoms with E-state index >= 15 is 0 Å². The number of methoxy groups -OCH3 is 1. The molecule has 1 aromatic carbocycles. The van der Waals surface area contributed by atoms with Gasteiger partial charge in [0.2, 0.25) is 10.0 Å². The van der Waals surface area contributed by atoms with E-state index in [0.717, 1.165) is 19.3 Å². The molecule has 0 heterocycles. The molecule has 0 aliphatic heterocycles. The van der Waals surface area contributed by atoms with Crippen molar-refractivity contribution < 1.29 is 13.2 Å². The molecule has 2 rings (SSSR count). The number of hydrogen-bond acceptors (Lipinski definition) is 3. The number of ether oxygens (including phenoxy) is 1. The zero-order valence-corrected chi connectivity index (χ0v) is 15.0. The van der Waals surface area contributed by atoms with Gasteiger partial charge < -0.3 is 4.74 Å². The van der Waals surface area contributed by atoms with Crippen LogP contribution in [0.15, 0.2) is 27.6 Å². The number of sulfonamides is 1. The Labute approximate surface area is 135 Å². The summed E-state index contributed by atoms with van der Waals surface area (Å²) in [6, 6.07) is 4.84. The second-order valence-electron chi connectivity index (χ2n) is 5.63. The minimum atomic E-state index is -3.49. The predicted molar refractivity (Wildman–Crippen MR) is 87.0 cm³/mol. The van der Waals surface area contributed by atoms with E-state index in [0.29, 0.717) is 22.1 Å². The monoisotopic (exact) mass is 375 g/mol. The van der Waals surface area contributed by atoms with Gasteiger partial charge in [0.25, 0.3) is 0 Å². The van der Waals surface area contributed by atoms with Crippen LogP contribution in [0.1, 0.15) is 33.1 Å². The molecular formula is C15H22BrNO3S. The van der Waals surface area contributed by atoms with Gasteiger partial charge in [-0.1, -0.05) is 20.3 Å². The van der Waals surface area contributed by atoms with Crippen molar-refractivity contribution >= 4 is 26.0 Å². The van der Waals surface area contributed by atoms with Crippen LogP contribution in [0.4, 0.5) is 0 Å². The van der Waals surface area contributed by atoms with Crippen LogP contribution in [0, 0.1) is 11.8 Å². The van der Waals surface area contributed by atoms with E-state index in [2.05, 4.69) is 34.5 Å². The highest BCUT2D eigenvalue weighted by Crippen LogP contribution is 2.35. The van der Waals surface area contributed by atoms with Crippen LogP contribution < -0.4 is 9.46 Å². The average molecular weight is 376 g/mol. The molecular weight excluding hydrogens is 354 g/mol. The minimum Gasteiger partial charge on any atom is -0.496 e. The Morgan fingerprint density at radius 2 is 2.10 bits per heavy atom. The van der Waals surface area contributed by atoms with Gasteiger partial charge in [-0.25, -0.2) is 13.1 Å². The van der Waals surface area contributed by atoms with Crippen LogP contribution in [0.5, 0.6) is 5.75 Å². The Balaban J connectivity index is 2.17. The van der Waals surface area contributed by atoms with E-state index in [1.165, 1.54) is 0 Å². The van der Waals surface area contributed by atoms with Crippen molar-refractivity contribution in [3.05, 3.63) is 22.7 Å². The molecule has 0 bridgehead atoms. The molecule has 3 atom stereocenters. The molecule has 1 aromatic rings. The molecule has 1 fully saturated rings. The van der Waals surface area contributed by atoms with E-state index in [4.69, 9.17) is 4.74 Å². The zero-order chi connectivity index (χ0) is 15.6. The molecule has 1 aliphatic rings. The SMILES string of the molecule is CCC1CCC(NS(=O)(=O)c2ccc(OC)c(Br)c2)C1C. The average Bonchev–Trinajstić information content (AvgIpc) is 2.79. The summed E-state index contributed by atoms with van der Waals surface area (Å²) in [5.41, 5.74) is 0. The first-order chi connectivity index (χ1) is 9.89. The van der Waals surface area contributed by atoms with Crippen molar-refractivity contribution in [1.82, 2.24) is 4.72 Å². The second kappa shape index (κ2) is 6.67. The van der Waals surface area contributed by atoms with Gasteiger partial charge in [0.05, 0.1) is 16.5 Å². The Kier molecular flexibility index (Phi) is 5.33. The van der Waals surface area contributed by atoms with Gasteiger partial charge in [-0.15, -0.1) is 0 Å². The highest BCUT2D eigenvalue weighted by atomic mass is 79.9. The lowest BCUT2D eigenvalue weighted by molar-refractivity contribution is 0.368. The van der Waals surface area contributed by atoms with E-state index in [1.54, 1.807) is 25.3 Å². The summed E-state index contributed by atoms with van der Waals surface area (Å²) < 4.78 is 33.6.